The molecule has 0 saturated carbocycles. The Bertz CT molecular complexity index is 658. The van der Waals surface area contributed by atoms with Gasteiger partial charge in [0.2, 0.25) is 11.8 Å². The third kappa shape index (κ3) is 5.71. The van der Waals surface area contributed by atoms with Crippen LogP contribution in [0.4, 0.5) is 0 Å². The van der Waals surface area contributed by atoms with Crippen LogP contribution in [-0.4, -0.2) is 67.6 Å². The zero-order valence-electron chi connectivity index (χ0n) is 16.9. The quantitative estimate of drug-likeness (QED) is 0.653. The van der Waals surface area contributed by atoms with Gasteiger partial charge in [0.15, 0.2) is 0 Å². The zero-order chi connectivity index (χ0) is 19.8. The van der Waals surface area contributed by atoms with Crippen LogP contribution in [0.15, 0.2) is 24.3 Å². The van der Waals surface area contributed by atoms with E-state index in [0.717, 1.165) is 63.3 Å². The first-order valence-corrected chi connectivity index (χ1v) is 10.5. The summed E-state index contributed by atoms with van der Waals surface area (Å²) >= 11 is 0. The lowest BCUT2D eigenvalue weighted by Crippen LogP contribution is -2.44. The first-order valence-electron chi connectivity index (χ1n) is 10.5. The van der Waals surface area contributed by atoms with Gasteiger partial charge in [-0.05, 0) is 49.8 Å². The minimum atomic E-state index is 0.197. The van der Waals surface area contributed by atoms with Gasteiger partial charge in [0, 0.05) is 51.7 Å². The normalized spacial score (nSPS) is 17.8. The Balaban J connectivity index is 1.55. The van der Waals surface area contributed by atoms with Crippen molar-refractivity contribution in [2.75, 3.05) is 40.0 Å². The molecule has 0 unspecified atom stereocenters. The number of carbonyl (C=O) groups is 2. The molecule has 2 aliphatic heterocycles. The summed E-state index contributed by atoms with van der Waals surface area (Å²) in [5.41, 5.74) is 1.11. The van der Waals surface area contributed by atoms with E-state index in [-0.39, 0.29) is 17.9 Å². The number of likely N-dealkylation sites (tertiary alicyclic amines) is 1. The standard InChI is InChI=1S/C22H32N2O4/c1-27-20-6-2-5-18(17-20)8-9-22(26)24(19-10-15-28-16-11-19)14-4-13-23-12-3-7-21(23)25/h2,5-6,17,19H,3-4,7-16H2,1H3. The van der Waals surface area contributed by atoms with E-state index in [1.54, 1.807) is 7.11 Å². The molecule has 0 aromatic heterocycles. The molecule has 2 amide bonds. The molecule has 28 heavy (non-hydrogen) atoms. The summed E-state index contributed by atoms with van der Waals surface area (Å²) < 4.78 is 10.8. The predicted octanol–water partition coefficient (Wildman–Crippen LogP) is 2.65. The number of rotatable bonds is 9. The minimum absolute atomic E-state index is 0.197. The number of benzene rings is 1. The number of aryl methyl sites for hydroxylation is 1. The van der Waals surface area contributed by atoms with Crippen LogP contribution in [-0.2, 0) is 20.7 Å². The molecule has 0 bridgehead atoms. The van der Waals surface area contributed by atoms with Gasteiger partial charge in [0.25, 0.3) is 0 Å². The van der Waals surface area contributed by atoms with Crippen LogP contribution >= 0.6 is 0 Å². The summed E-state index contributed by atoms with van der Waals surface area (Å²) in [6, 6.07) is 8.15. The van der Waals surface area contributed by atoms with Crippen molar-refractivity contribution in [1.82, 2.24) is 9.80 Å². The SMILES string of the molecule is COc1cccc(CCC(=O)N(CCCN2CCCC2=O)C2CCOCC2)c1. The lowest BCUT2D eigenvalue weighted by molar-refractivity contribution is -0.135. The van der Waals surface area contributed by atoms with Crippen LogP contribution in [0.1, 0.15) is 44.1 Å². The number of amides is 2. The smallest absolute Gasteiger partial charge is 0.223 e. The first kappa shape index (κ1) is 20.6. The van der Waals surface area contributed by atoms with Crippen molar-refractivity contribution in [2.24, 2.45) is 0 Å². The Kier molecular flexibility index (Phi) is 7.71. The highest BCUT2D eigenvalue weighted by Crippen LogP contribution is 2.19. The molecule has 1 aromatic carbocycles. The highest BCUT2D eigenvalue weighted by atomic mass is 16.5. The summed E-state index contributed by atoms with van der Waals surface area (Å²) in [4.78, 5) is 28.8. The fourth-order valence-corrected chi connectivity index (χ4v) is 4.10. The number of carbonyl (C=O) groups excluding carboxylic acids is 2. The second-order valence-electron chi connectivity index (χ2n) is 7.62. The molecule has 2 aliphatic rings. The lowest BCUT2D eigenvalue weighted by Gasteiger charge is -2.35. The van der Waals surface area contributed by atoms with Crippen LogP contribution in [0.25, 0.3) is 0 Å². The van der Waals surface area contributed by atoms with E-state index in [2.05, 4.69) is 0 Å². The van der Waals surface area contributed by atoms with Crippen molar-refractivity contribution >= 4 is 11.8 Å². The Morgan fingerprint density at radius 3 is 2.86 bits per heavy atom. The third-order valence-corrected chi connectivity index (χ3v) is 5.71. The molecule has 0 N–H and O–H groups in total. The molecule has 2 fully saturated rings. The summed E-state index contributed by atoms with van der Waals surface area (Å²) in [7, 11) is 1.66. The van der Waals surface area contributed by atoms with Gasteiger partial charge in [-0.25, -0.2) is 0 Å². The molecule has 0 radical (unpaired) electrons. The average molecular weight is 389 g/mol. The molecule has 6 heteroatoms. The molecule has 6 nitrogen and oxygen atoms in total. The van der Waals surface area contributed by atoms with Crippen molar-refractivity contribution in [3.8, 4) is 5.75 Å². The van der Waals surface area contributed by atoms with Crippen molar-refractivity contribution < 1.29 is 19.1 Å². The highest BCUT2D eigenvalue weighted by molar-refractivity contribution is 5.78. The topological polar surface area (TPSA) is 59.1 Å². The van der Waals surface area contributed by atoms with Crippen LogP contribution in [0.3, 0.4) is 0 Å². The van der Waals surface area contributed by atoms with Gasteiger partial charge >= 0.3 is 0 Å². The largest absolute Gasteiger partial charge is 0.497 e. The van der Waals surface area contributed by atoms with E-state index in [9.17, 15) is 9.59 Å². The Morgan fingerprint density at radius 1 is 1.32 bits per heavy atom. The maximum absolute atomic E-state index is 13.0. The number of nitrogens with zero attached hydrogens (tertiary/aromatic N) is 2. The van der Waals surface area contributed by atoms with E-state index < -0.39 is 0 Å². The number of hydrogen-bond acceptors (Lipinski definition) is 4. The Hall–Kier alpha value is -2.08. The molecule has 2 saturated heterocycles. The van der Waals surface area contributed by atoms with Gasteiger partial charge in [0.05, 0.1) is 7.11 Å². The van der Waals surface area contributed by atoms with Gasteiger partial charge in [0.1, 0.15) is 5.75 Å². The number of hydrogen-bond donors (Lipinski definition) is 0. The van der Waals surface area contributed by atoms with Crippen LogP contribution < -0.4 is 4.74 Å². The van der Waals surface area contributed by atoms with Gasteiger partial charge in [-0.15, -0.1) is 0 Å². The van der Waals surface area contributed by atoms with Gasteiger partial charge < -0.3 is 19.3 Å². The molecule has 1 aromatic rings. The molecular weight excluding hydrogens is 356 g/mol. The number of ether oxygens (including phenoxy) is 2. The summed E-state index contributed by atoms with van der Waals surface area (Å²) in [5.74, 6) is 1.27. The molecular formula is C22H32N2O4. The summed E-state index contributed by atoms with van der Waals surface area (Å²) in [6.45, 7) is 3.76. The van der Waals surface area contributed by atoms with Crippen molar-refractivity contribution in [3.63, 3.8) is 0 Å². The van der Waals surface area contributed by atoms with Crippen molar-refractivity contribution in [3.05, 3.63) is 29.8 Å². The predicted molar refractivity (Wildman–Crippen MR) is 107 cm³/mol. The first-order chi connectivity index (χ1) is 13.7. The molecule has 3 rings (SSSR count). The third-order valence-electron chi connectivity index (χ3n) is 5.71. The van der Waals surface area contributed by atoms with Crippen molar-refractivity contribution in [1.29, 1.82) is 0 Å². The minimum Gasteiger partial charge on any atom is -0.497 e. The van der Waals surface area contributed by atoms with Gasteiger partial charge in [-0.2, -0.15) is 0 Å². The number of methoxy groups -OCH3 is 1. The fourth-order valence-electron chi connectivity index (χ4n) is 4.10. The molecule has 154 valence electrons. The second-order valence-corrected chi connectivity index (χ2v) is 7.62. The maximum atomic E-state index is 13.0. The lowest BCUT2D eigenvalue weighted by atomic mass is 10.0. The zero-order valence-corrected chi connectivity index (χ0v) is 16.9. The van der Waals surface area contributed by atoms with E-state index in [0.29, 0.717) is 25.8 Å². The monoisotopic (exact) mass is 388 g/mol. The summed E-state index contributed by atoms with van der Waals surface area (Å²) in [6.07, 6.45) is 5.47. The maximum Gasteiger partial charge on any atom is 0.223 e. The van der Waals surface area contributed by atoms with Gasteiger partial charge in [-0.3, -0.25) is 9.59 Å². The fraction of sp³-hybridized carbons (Fsp3) is 0.636. The van der Waals surface area contributed by atoms with Crippen LogP contribution in [0.2, 0.25) is 0 Å². The van der Waals surface area contributed by atoms with E-state index >= 15 is 0 Å². The van der Waals surface area contributed by atoms with E-state index in [4.69, 9.17) is 9.47 Å². The highest BCUT2D eigenvalue weighted by Gasteiger charge is 2.26. The van der Waals surface area contributed by atoms with Gasteiger partial charge in [-0.1, -0.05) is 12.1 Å². The van der Waals surface area contributed by atoms with Crippen LogP contribution in [0, 0.1) is 0 Å². The molecule has 0 aliphatic carbocycles. The van der Waals surface area contributed by atoms with Crippen LogP contribution in [0.5, 0.6) is 5.75 Å². The molecule has 2 heterocycles. The molecule has 0 atom stereocenters. The van der Waals surface area contributed by atoms with Crippen molar-refractivity contribution in [2.45, 2.75) is 51.0 Å². The Morgan fingerprint density at radius 2 is 2.14 bits per heavy atom. The second kappa shape index (κ2) is 10.5. The summed E-state index contributed by atoms with van der Waals surface area (Å²) in [5, 5.41) is 0. The van der Waals surface area contributed by atoms with E-state index in [1.165, 1.54) is 0 Å². The Labute approximate surface area is 167 Å². The average Bonchev–Trinajstić information content (AvgIpc) is 3.15. The molecule has 0 spiro atoms. The van der Waals surface area contributed by atoms with E-state index in [1.807, 2.05) is 34.1 Å².